The summed E-state index contributed by atoms with van der Waals surface area (Å²) in [7, 11) is 0. The molecule has 0 amide bonds. The van der Waals surface area contributed by atoms with Crippen molar-refractivity contribution in [3.8, 4) is 0 Å². The Morgan fingerprint density at radius 2 is 1.44 bits per heavy atom. The van der Waals surface area contributed by atoms with Crippen molar-refractivity contribution in [1.82, 2.24) is 9.88 Å². The molecule has 0 spiro atoms. The van der Waals surface area contributed by atoms with E-state index in [1.807, 2.05) is 12.4 Å². The second kappa shape index (κ2) is 18.4. The van der Waals surface area contributed by atoms with Crippen LogP contribution in [0.5, 0.6) is 0 Å². The highest BCUT2D eigenvalue weighted by molar-refractivity contribution is 5.09. The predicted molar refractivity (Wildman–Crippen MR) is 141 cm³/mol. The molecule has 1 saturated heterocycles. The van der Waals surface area contributed by atoms with Gasteiger partial charge in [-0.2, -0.15) is 0 Å². The van der Waals surface area contributed by atoms with Gasteiger partial charge in [0.2, 0.25) is 0 Å². The highest BCUT2D eigenvalue weighted by Crippen LogP contribution is 2.21. The zero-order valence-corrected chi connectivity index (χ0v) is 20.2. The zero-order chi connectivity index (χ0) is 22.5. The van der Waals surface area contributed by atoms with Gasteiger partial charge in [0, 0.05) is 12.4 Å². The topological polar surface area (TPSA) is 16.1 Å². The first-order valence-corrected chi connectivity index (χ1v) is 12.7. The predicted octanol–water partition coefficient (Wildman–Crippen LogP) is 7.87. The number of aromatic nitrogens is 1. The van der Waals surface area contributed by atoms with Crippen LogP contribution in [0, 0.1) is 5.92 Å². The van der Waals surface area contributed by atoms with E-state index in [4.69, 9.17) is 0 Å². The summed E-state index contributed by atoms with van der Waals surface area (Å²) in [6.07, 6.45) is 38.2. The van der Waals surface area contributed by atoms with Crippen molar-refractivity contribution < 1.29 is 0 Å². The van der Waals surface area contributed by atoms with Crippen LogP contribution in [0.15, 0.2) is 85.3 Å². The summed E-state index contributed by atoms with van der Waals surface area (Å²) in [4.78, 5) is 6.90. The van der Waals surface area contributed by atoms with E-state index in [0.717, 1.165) is 38.0 Å². The third-order valence-corrected chi connectivity index (χ3v) is 5.96. The fourth-order valence-corrected chi connectivity index (χ4v) is 4.07. The largest absolute Gasteiger partial charge is 0.303 e. The molecule has 1 aliphatic rings. The van der Waals surface area contributed by atoms with Crippen LogP contribution in [-0.4, -0.2) is 29.5 Å². The van der Waals surface area contributed by atoms with Gasteiger partial charge in [-0.25, -0.2) is 0 Å². The third-order valence-electron chi connectivity index (χ3n) is 5.96. The second-order valence-electron chi connectivity index (χ2n) is 8.70. The van der Waals surface area contributed by atoms with E-state index in [0.29, 0.717) is 0 Å². The van der Waals surface area contributed by atoms with E-state index in [2.05, 4.69) is 89.7 Å². The van der Waals surface area contributed by atoms with Crippen molar-refractivity contribution in [2.24, 2.45) is 5.92 Å². The zero-order valence-electron chi connectivity index (χ0n) is 20.2. The van der Waals surface area contributed by atoms with Gasteiger partial charge in [-0.05, 0) is 101 Å². The lowest BCUT2D eigenvalue weighted by Gasteiger charge is -2.31. The first-order valence-electron chi connectivity index (χ1n) is 12.7. The Hall–Kier alpha value is -2.19. The van der Waals surface area contributed by atoms with Gasteiger partial charge in [0.25, 0.3) is 0 Å². The minimum absolute atomic E-state index is 0.835. The van der Waals surface area contributed by atoms with Crippen molar-refractivity contribution in [3.63, 3.8) is 0 Å². The fraction of sp³-hybridized carbons (Fsp3) is 0.500. The van der Waals surface area contributed by atoms with Crippen molar-refractivity contribution >= 4 is 0 Å². The molecule has 1 fully saturated rings. The Morgan fingerprint density at radius 3 is 2.00 bits per heavy atom. The Bertz CT molecular complexity index is 704. The van der Waals surface area contributed by atoms with Crippen molar-refractivity contribution in [1.29, 1.82) is 0 Å². The van der Waals surface area contributed by atoms with Crippen molar-refractivity contribution in [2.45, 2.75) is 71.1 Å². The van der Waals surface area contributed by atoms with Crippen LogP contribution in [0.2, 0.25) is 0 Å². The van der Waals surface area contributed by atoms with Crippen LogP contribution in [0.4, 0.5) is 0 Å². The standard InChI is InChI=1S/C30H44N2/c1-2-3-4-5-6-7-8-9-10-11-12-13-14-15-16-17-18-24-32-25-21-29(22-26-32)27-30-20-19-23-31-28-30/h3-4,6-7,9-10,12-13,15-16,19-20,23,28-29H,2,5,8,11,14,17-18,21-22,24-27H2,1H3/b4-3-,7-6-,10-9-,13-12-,16-15-. The molecular weight excluding hydrogens is 388 g/mol. The molecule has 0 unspecified atom stereocenters. The number of hydrogen-bond acceptors (Lipinski definition) is 2. The summed E-state index contributed by atoms with van der Waals surface area (Å²) in [6.45, 7) is 5.93. The normalized spacial score (nSPS) is 16.7. The van der Waals surface area contributed by atoms with Crippen LogP contribution < -0.4 is 0 Å². The van der Waals surface area contributed by atoms with Crippen molar-refractivity contribution in [2.75, 3.05) is 19.6 Å². The van der Waals surface area contributed by atoms with Gasteiger partial charge in [-0.3, -0.25) is 4.98 Å². The lowest BCUT2D eigenvalue weighted by atomic mass is 9.90. The van der Waals surface area contributed by atoms with Gasteiger partial charge in [0.1, 0.15) is 0 Å². The van der Waals surface area contributed by atoms with E-state index >= 15 is 0 Å². The van der Waals surface area contributed by atoms with Gasteiger partial charge >= 0.3 is 0 Å². The summed E-state index contributed by atoms with van der Waals surface area (Å²) >= 11 is 0. The lowest BCUT2D eigenvalue weighted by molar-refractivity contribution is 0.182. The Labute approximate surface area is 197 Å². The number of unbranched alkanes of at least 4 members (excludes halogenated alkanes) is 1. The average molecular weight is 433 g/mol. The molecule has 0 bridgehead atoms. The summed E-state index contributed by atoms with van der Waals surface area (Å²) < 4.78 is 0. The quantitative estimate of drug-likeness (QED) is 0.207. The van der Waals surface area contributed by atoms with Crippen molar-refractivity contribution in [3.05, 3.63) is 90.9 Å². The third kappa shape index (κ3) is 13.3. The smallest absolute Gasteiger partial charge is 0.0299 e. The monoisotopic (exact) mass is 432 g/mol. The molecule has 0 aromatic carbocycles. The lowest BCUT2D eigenvalue weighted by Crippen LogP contribution is -2.34. The Morgan fingerprint density at radius 1 is 0.844 bits per heavy atom. The molecular formula is C30H44N2. The first-order chi connectivity index (χ1) is 15.9. The average Bonchev–Trinajstić information content (AvgIpc) is 2.83. The number of pyridine rings is 1. The van der Waals surface area contributed by atoms with E-state index < -0.39 is 0 Å². The van der Waals surface area contributed by atoms with E-state index in [-0.39, 0.29) is 0 Å². The minimum Gasteiger partial charge on any atom is -0.303 e. The number of likely N-dealkylation sites (tertiary alicyclic amines) is 1. The molecule has 0 atom stereocenters. The molecule has 2 heterocycles. The molecule has 2 heteroatoms. The molecule has 174 valence electrons. The maximum atomic E-state index is 4.25. The summed E-state index contributed by atoms with van der Waals surface area (Å²) in [6, 6.07) is 4.27. The molecule has 2 nitrogen and oxygen atoms in total. The number of hydrogen-bond donors (Lipinski definition) is 0. The molecule has 0 saturated carbocycles. The molecule has 1 aromatic rings. The van der Waals surface area contributed by atoms with E-state index in [1.54, 1.807) is 0 Å². The number of nitrogens with zero attached hydrogens (tertiary/aromatic N) is 2. The highest BCUT2D eigenvalue weighted by Gasteiger charge is 2.18. The molecule has 1 aromatic heterocycles. The number of piperidine rings is 1. The van der Waals surface area contributed by atoms with Crippen LogP contribution in [0.3, 0.4) is 0 Å². The SMILES string of the molecule is CC/C=C\C/C=C\C/C=C\C/C=C\C/C=C\CCCN1CCC(Cc2cccnc2)CC1. The van der Waals surface area contributed by atoms with E-state index in [1.165, 1.54) is 57.3 Å². The van der Waals surface area contributed by atoms with Gasteiger partial charge in [0.05, 0.1) is 0 Å². The molecule has 32 heavy (non-hydrogen) atoms. The van der Waals surface area contributed by atoms with Gasteiger partial charge < -0.3 is 4.90 Å². The van der Waals surface area contributed by atoms with Crippen LogP contribution in [0.1, 0.15) is 70.3 Å². The molecule has 1 aliphatic heterocycles. The Kier molecular flexibility index (Phi) is 15.0. The second-order valence-corrected chi connectivity index (χ2v) is 8.70. The maximum absolute atomic E-state index is 4.25. The van der Waals surface area contributed by atoms with Gasteiger partial charge in [0.15, 0.2) is 0 Å². The molecule has 0 aliphatic carbocycles. The number of allylic oxidation sites excluding steroid dienone is 10. The summed E-state index contributed by atoms with van der Waals surface area (Å²) in [5.41, 5.74) is 1.39. The maximum Gasteiger partial charge on any atom is 0.0299 e. The Balaban J connectivity index is 1.41. The van der Waals surface area contributed by atoms with Gasteiger partial charge in [-0.15, -0.1) is 0 Å². The van der Waals surface area contributed by atoms with Crippen LogP contribution >= 0.6 is 0 Å². The van der Waals surface area contributed by atoms with E-state index in [9.17, 15) is 0 Å². The molecule has 0 radical (unpaired) electrons. The van der Waals surface area contributed by atoms with Gasteiger partial charge in [-0.1, -0.05) is 73.8 Å². The minimum atomic E-state index is 0.835. The summed E-state index contributed by atoms with van der Waals surface area (Å²) in [5, 5.41) is 0. The van der Waals surface area contributed by atoms with Crippen LogP contribution in [-0.2, 0) is 6.42 Å². The first kappa shape index (κ1) is 26.1. The number of rotatable bonds is 15. The van der Waals surface area contributed by atoms with Crippen LogP contribution in [0.25, 0.3) is 0 Å². The fourth-order valence-electron chi connectivity index (χ4n) is 4.07. The molecule has 0 N–H and O–H groups in total. The summed E-state index contributed by atoms with van der Waals surface area (Å²) in [5.74, 6) is 0.835. The molecule has 2 rings (SSSR count). The highest BCUT2D eigenvalue weighted by atomic mass is 15.1.